The Balaban J connectivity index is 1.93. The maximum absolute atomic E-state index is 4.58. The van der Waals surface area contributed by atoms with Crippen LogP contribution in [0.5, 0.6) is 0 Å². The molecule has 2 aromatic rings. The van der Waals surface area contributed by atoms with Gasteiger partial charge >= 0.3 is 0 Å². The van der Waals surface area contributed by atoms with E-state index < -0.39 is 0 Å². The van der Waals surface area contributed by atoms with Crippen LogP contribution in [0.1, 0.15) is 37.2 Å². The molecule has 0 aliphatic heterocycles. The Hall–Kier alpha value is -1.91. The SMILES string of the molecule is CCNc1cc(-n2ccc(C3CC3)n2)nc(C)n1. The molecule has 0 spiro atoms. The molecule has 1 fully saturated rings. The summed E-state index contributed by atoms with van der Waals surface area (Å²) < 4.78 is 1.84. The van der Waals surface area contributed by atoms with Crippen LogP contribution in [-0.4, -0.2) is 26.3 Å². The summed E-state index contributed by atoms with van der Waals surface area (Å²) in [6, 6.07) is 4.02. The zero-order chi connectivity index (χ0) is 12.5. The first-order valence-corrected chi connectivity index (χ1v) is 6.42. The molecule has 5 nitrogen and oxygen atoms in total. The van der Waals surface area contributed by atoms with Crippen LogP contribution in [0.2, 0.25) is 0 Å². The summed E-state index contributed by atoms with van der Waals surface area (Å²) in [6.45, 7) is 4.80. The third-order valence-corrected chi connectivity index (χ3v) is 3.02. The lowest BCUT2D eigenvalue weighted by Gasteiger charge is -2.06. The van der Waals surface area contributed by atoms with E-state index in [1.807, 2.05) is 23.9 Å². The van der Waals surface area contributed by atoms with Crippen LogP contribution in [0.3, 0.4) is 0 Å². The van der Waals surface area contributed by atoms with Gasteiger partial charge in [-0.3, -0.25) is 0 Å². The van der Waals surface area contributed by atoms with Crippen molar-refractivity contribution in [2.75, 3.05) is 11.9 Å². The molecule has 0 aromatic carbocycles. The van der Waals surface area contributed by atoms with E-state index in [4.69, 9.17) is 0 Å². The highest BCUT2D eigenvalue weighted by atomic mass is 15.3. The Labute approximate surface area is 106 Å². The molecule has 2 heterocycles. The molecule has 1 N–H and O–H groups in total. The van der Waals surface area contributed by atoms with E-state index in [0.29, 0.717) is 5.92 Å². The number of aromatic nitrogens is 4. The predicted molar refractivity (Wildman–Crippen MR) is 70.0 cm³/mol. The van der Waals surface area contributed by atoms with Crippen molar-refractivity contribution in [3.8, 4) is 5.82 Å². The number of anilines is 1. The van der Waals surface area contributed by atoms with Gasteiger partial charge in [-0.15, -0.1) is 0 Å². The van der Waals surface area contributed by atoms with Crippen LogP contribution in [-0.2, 0) is 0 Å². The van der Waals surface area contributed by atoms with Crippen molar-refractivity contribution < 1.29 is 0 Å². The van der Waals surface area contributed by atoms with E-state index in [-0.39, 0.29) is 0 Å². The first-order chi connectivity index (χ1) is 8.76. The molecule has 0 unspecified atom stereocenters. The predicted octanol–water partition coefficient (Wildman–Crippen LogP) is 2.28. The Morgan fingerprint density at radius 3 is 2.94 bits per heavy atom. The van der Waals surface area contributed by atoms with Gasteiger partial charge < -0.3 is 5.32 Å². The van der Waals surface area contributed by atoms with Gasteiger partial charge in [0.1, 0.15) is 11.6 Å². The lowest BCUT2D eigenvalue weighted by atomic mass is 10.3. The summed E-state index contributed by atoms with van der Waals surface area (Å²) in [4.78, 5) is 8.77. The minimum atomic E-state index is 0.669. The Kier molecular flexibility index (Phi) is 2.74. The molecule has 1 aliphatic rings. The standard InChI is InChI=1S/C13H17N5/c1-3-14-12-8-13(16-9(2)15-12)18-7-6-11(17-18)10-4-5-10/h6-8,10H,3-5H2,1-2H3,(H,14,15,16). The Bertz CT molecular complexity index is 556. The summed E-state index contributed by atoms with van der Waals surface area (Å²) in [6.07, 6.45) is 4.51. The van der Waals surface area contributed by atoms with Crippen LogP contribution in [0.4, 0.5) is 5.82 Å². The summed E-state index contributed by atoms with van der Waals surface area (Å²) in [5, 5.41) is 7.79. The Morgan fingerprint density at radius 2 is 2.22 bits per heavy atom. The molecule has 1 saturated carbocycles. The van der Waals surface area contributed by atoms with E-state index >= 15 is 0 Å². The first-order valence-electron chi connectivity index (χ1n) is 6.42. The van der Waals surface area contributed by atoms with Gasteiger partial charge in [0.15, 0.2) is 5.82 Å². The van der Waals surface area contributed by atoms with Crippen LogP contribution >= 0.6 is 0 Å². The van der Waals surface area contributed by atoms with E-state index in [1.54, 1.807) is 0 Å². The Morgan fingerprint density at radius 1 is 1.39 bits per heavy atom. The lowest BCUT2D eigenvalue weighted by molar-refractivity contribution is 0.800. The van der Waals surface area contributed by atoms with Crippen molar-refractivity contribution in [3.05, 3.63) is 29.8 Å². The van der Waals surface area contributed by atoms with Crippen molar-refractivity contribution in [1.29, 1.82) is 0 Å². The van der Waals surface area contributed by atoms with E-state index in [2.05, 4.69) is 33.4 Å². The fraction of sp³-hybridized carbons (Fsp3) is 0.462. The van der Waals surface area contributed by atoms with Crippen molar-refractivity contribution >= 4 is 5.82 Å². The van der Waals surface area contributed by atoms with Gasteiger partial charge in [0.2, 0.25) is 0 Å². The molecule has 0 amide bonds. The monoisotopic (exact) mass is 243 g/mol. The second-order valence-corrected chi connectivity index (χ2v) is 4.65. The van der Waals surface area contributed by atoms with Crippen LogP contribution in [0.25, 0.3) is 5.82 Å². The molecular formula is C13H17N5. The first kappa shape index (κ1) is 11.2. The summed E-state index contributed by atoms with van der Waals surface area (Å²) in [5.41, 5.74) is 1.18. The molecule has 0 radical (unpaired) electrons. The van der Waals surface area contributed by atoms with E-state index in [1.165, 1.54) is 18.5 Å². The number of aryl methyl sites for hydroxylation is 1. The average molecular weight is 243 g/mol. The molecular weight excluding hydrogens is 226 g/mol. The summed E-state index contributed by atoms with van der Waals surface area (Å²) in [5.74, 6) is 3.10. The minimum absolute atomic E-state index is 0.669. The van der Waals surface area contributed by atoms with Gasteiger partial charge in [-0.05, 0) is 32.8 Å². The van der Waals surface area contributed by atoms with Crippen molar-refractivity contribution in [1.82, 2.24) is 19.7 Å². The highest BCUT2D eigenvalue weighted by molar-refractivity contribution is 5.41. The molecule has 0 saturated heterocycles. The molecule has 0 bridgehead atoms. The van der Waals surface area contributed by atoms with E-state index in [9.17, 15) is 0 Å². The molecule has 18 heavy (non-hydrogen) atoms. The zero-order valence-electron chi connectivity index (χ0n) is 10.7. The number of hydrogen-bond acceptors (Lipinski definition) is 4. The largest absolute Gasteiger partial charge is 0.370 e. The highest BCUT2D eigenvalue weighted by Gasteiger charge is 2.26. The van der Waals surface area contributed by atoms with E-state index in [0.717, 1.165) is 24.0 Å². The van der Waals surface area contributed by atoms with Gasteiger partial charge in [0.25, 0.3) is 0 Å². The fourth-order valence-electron chi connectivity index (χ4n) is 2.00. The third kappa shape index (κ3) is 2.20. The summed E-state index contributed by atoms with van der Waals surface area (Å²) >= 11 is 0. The van der Waals surface area contributed by atoms with Crippen LogP contribution in [0.15, 0.2) is 18.3 Å². The second kappa shape index (κ2) is 4.40. The van der Waals surface area contributed by atoms with Gasteiger partial charge in [0, 0.05) is 24.7 Å². The number of rotatable bonds is 4. The zero-order valence-corrected chi connectivity index (χ0v) is 10.7. The molecule has 1 aliphatic carbocycles. The molecule has 0 atom stereocenters. The molecule has 94 valence electrons. The van der Waals surface area contributed by atoms with Crippen molar-refractivity contribution in [3.63, 3.8) is 0 Å². The van der Waals surface area contributed by atoms with Gasteiger partial charge in [0.05, 0.1) is 5.69 Å². The second-order valence-electron chi connectivity index (χ2n) is 4.65. The van der Waals surface area contributed by atoms with Crippen molar-refractivity contribution in [2.45, 2.75) is 32.6 Å². The lowest BCUT2D eigenvalue weighted by Crippen LogP contribution is -2.06. The summed E-state index contributed by atoms with van der Waals surface area (Å²) in [7, 11) is 0. The number of nitrogens with zero attached hydrogens (tertiary/aromatic N) is 4. The van der Waals surface area contributed by atoms with Gasteiger partial charge in [-0.2, -0.15) is 5.10 Å². The van der Waals surface area contributed by atoms with Crippen LogP contribution in [0, 0.1) is 6.92 Å². The quantitative estimate of drug-likeness (QED) is 0.895. The molecule has 5 heteroatoms. The smallest absolute Gasteiger partial charge is 0.159 e. The minimum Gasteiger partial charge on any atom is -0.370 e. The van der Waals surface area contributed by atoms with Gasteiger partial charge in [-0.1, -0.05) is 0 Å². The number of hydrogen-bond donors (Lipinski definition) is 1. The average Bonchev–Trinajstić information content (AvgIpc) is 3.07. The maximum Gasteiger partial charge on any atom is 0.159 e. The van der Waals surface area contributed by atoms with Crippen molar-refractivity contribution in [2.24, 2.45) is 0 Å². The normalized spacial score (nSPS) is 14.8. The topological polar surface area (TPSA) is 55.6 Å². The fourth-order valence-corrected chi connectivity index (χ4v) is 2.00. The third-order valence-electron chi connectivity index (χ3n) is 3.02. The molecule has 2 aromatic heterocycles. The highest BCUT2D eigenvalue weighted by Crippen LogP contribution is 2.38. The van der Waals surface area contributed by atoms with Gasteiger partial charge in [-0.25, -0.2) is 14.6 Å². The number of nitrogens with one attached hydrogen (secondary N) is 1. The van der Waals surface area contributed by atoms with Crippen LogP contribution < -0.4 is 5.32 Å². The maximum atomic E-state index is 4.58. The molecule has 3 rings (SSSR count).